The van der Waals surface area contributed by atoms with E-state index < -0.39 is 46.7 Å². The monoisotopic (exact) mass is 545 g/mol. The number of Topliss-reactive ketones (excluding diaryl/α,β-unsaturated/α-hetero) is 1. The average Bonchev–Trinajstić information content (AvgIpc) is 3.34. The van der Waals surface area contributed by atoms with Gasteiger partial charge in [0.1, 0.15) is 16.9 Å². The minimum Gasteiger partial charge on any atom is -0.451 e. The van der Waals surface area contributed by atoms with Crippen LogP contribution in [0.15, 0.2) is 52.9 Å². The number of rotatable bonds is 5. The Hall–Kier alpha value is -3.89. The van der Waals surface area contributed by atoms with Crippen LogP contribution < -0.4 is 15.5 Å². The van der Waals surface area contributed by atoms with Crippen molar-refractivity contribution in [3.63, 3.8) is 0 Å². The van der Waals surface area contributed by atoms with E-state index in [0.29, 0.717) is 37.3 Å². The quantitative estimate of drug-likeness (QED) is 0.441. The number of fused-ring (bicyclic) bond motifs is 1. The lowest BCUT2D eigenvalue weighted by molar-refractivity contribution is -0.137. The highest BCUT2D eigenvalue weighted by Crippen LogP contribution is 2.33. The first-order valence-electron chi connectivity index (χ1n) is 12.8. The number of carbonyl (C=O) groups is 3. The molecule has 7 nitrogen and oxygen atoms in total. The van der Waals surface area contributed by atoms with E-state index in [2.05, 4.69) is 10.6 Å². The fraction of sp³-hybridized carbons (Fsp3) is 0.393. The van der Waals surface area contributed by atoms with Gasteiger partial charge in [-0.2, -0.15) is 13.2 Å². The van der Waals surface area contributed by atoms with Gasteiger partial charge < -0.3 is 20.0 Å². The Morgan fingerprint density at radius 3 is 2.44 bits per heavy atom. The van der Waals surface area contributed by atoms with Crippen molar-refractivity contribution in [2.75, 3.05) is 18.0 Å². The van der Waals surface area contributed by atoms with Gasteiger partial charge in [0.25, 0.3) is 5.91 Å². The Morgan fingerprint density at radius 1 is 1.03 bits per heavy atom. The Morgan fingerprint density at radius 2 is 1.77 bits per heavy atom. The maximum Gasteiger partial charge on any atom is 0.416 e. The summed E-state index contributed by atoms with van der Waals surface area (Å²) in [7, 11) is 0. The summed E-state index contributed by atoms with van der Waals surface area (Å²) in [6.07, 6.45) is -1.41. The van der Waals surface area contributed by atoms with Crippen molar-refractivity contribution in [2.45, 2.75) is 56.3 Å². The van der Waals surface area contributed by atoms with Crippen molar-refractivity contribution >= 4 is 34.3 Å². The summed E-state index contributed by atoms with van der Waals surface area (Å²) in [5.41, 5.74) is -1.89. The van der Waals surface area contributed by atoms with Crippen molar-refractivity contribution in [1.82, 2.24) is 10.6 Å². The summed E-state index contributed by atoms with van der Waals surface area (Å²) in [6, 6.07) is 10.1. The second kappa shape index (κ2) is 10.3. The molecule has 2 aromatic carbocycles. The number of hydrogen-bond donors (Lipinski definition) is 2. The number of alkyl halides is 3. The Balaban J connectivity index is 1.27. The zero-order valence-electron chi connectivity index (χ0n) is 20.9. The number of anilines is 1. The predicted molar refractivity (Wildman–Crippen MR) is 135 cm³/mol. The summed E-state index contributed by atoms with van der Waals surface area (Å²) >= 11 is 0. The summed E-state index contributed by atoms with van der Waals surface area (Å²) in [5, 5.41) is 6.40. The van der Waals surface area contributed by atoms with E-state index in [0.717, 1.165) is 23.9 Å². The molecule has 0 radical (unpaired) electrons. The molecule has 1 saturated carbocycles. The van der Waals surface area contributed by atoms with Crippen LogP contribution in [0.25, 0.3) is 11.0 Å². The third-order valence-corrected chi connectivity index (χ3v) is 7.49. The Labute approximate surface area is 221 Å². The third-order valence-electron chi connectivity index (χ3n) is 7.49. The molecular weight excluding hydrogens is 518 g/mol. The lowest BCUT2D eigenvalue weighted by Gasteiger charge is -2.39. The minimum atomic E-state index is -4.68. The molecule has 39 heavy (non-hydrogen) atoms. The van der Waals surface area contributed by atoms with E-state index >= 15 is 0 Å². The molecule has 11 heteroatoms. The number of benzene rings is 2. The molecule has 2 N–H and O–H groups in total. The number of amides is 2. The summed E-state index contributed by atoms with van der Waals surface area (Å²) < 4.78 is 58.7. The first-order valence-corrected chi connectivity index (χ1v) is 12.8. The second-order valence-electron chi connectivity index (χ2n) is 10.1. The van der Waals surface area contributed by atoms with Crippen molar-refractivity contribution in [2.24, 2.45) is 0 Å². The number of hydrogen-bond acceptors (Lipinski definition) is 5. The number of furan rings is 1. The molecule has 2 fully saturated rings. The van der Waals surface area contributed by atoms with E-state index in [9.17, 15) is 31.9 Å². The van der Waals surface area contributed by atoms with Gasteiger partial charge in [-0.15, -0.1) is 0 Å². The molecule has 1 aromatic heterocycles. The van der Waals surface area contributed by atoms with Crippen molar-refractivity contribution in [1.29, 1.82) is 0 Å². The molecule has 206 valence electrons. The zero-order chi connectivity index (χ0) is 27.8. The molecule has 0 spiro atoms. The van der Waals surface area contributed by atoms with Crippen molar-refractivity contribution in [3.8, 4) is 0 Å². The smallest absolute Gasteiger partial charge is 0.416 e. The first-order chi connectivity index (χ1) is 18.6. The fourth-order valence-electron chi connectivity index (χ4n) is 5.35. The maximum absolute atomic E-state index is 14.5. The molecule has 2 amide bonds. The van der Waals surface area contributed by atoms with Gasteiger partial charge in [-0.25, -0.2) is 4.39 Å². The van der Waals surface area contributed by atoms with E-state index in [1.807, 2.05) is 12.1 Å². The second-order valence-corrected chi connectivity index (χ2v) is 10.1. The van der Waals surface area contributed by atoms with Gasteiger partial charge in [0.05, 0.1) is 23.8 Å². The van der Waals surface area contributed by atoms with Crippen LogP contribution in [0.5, 0.6) is 0 Å². The molecule has 1 unspecified atom stereocenters. The number of halogens is 4. The average molecular weight is 546 g/mol. The lowest BCUT2D eigenvalue weighted by Crippen LogP contribution is -2.63. The predicted octanol–water partition coefficient (Wildman–Crippen LogP) is 4.99. The van der Waals surface area contributed by atoms with E-state index in [1.54, 1.807) is 18.2 Å². The van der Waals surface area contributed by atoms with Gasteiger partial charge >= 0.3 is 6.18 Å². The molecular formula is C28H27F4N3O4. The molecule has 1 saturated heterocycles. The van der Waals surface area contributed by atoms with Gasteiger partial charge in [0.15, 0.2) is 11.5 Å². The SMILES string of the molecule is O=C(NC1(C(=O)NC2CCN(c3ccc(C(F)(F)F)cc3F)CC2=O)CCCCC1)c1cc2ccccc2o1. The topological polar surface area (TPSA) is 91.7 Å². The van der Waals surface area contributed by atoms with Gasteiger partial charge in [-0.1, -0.05) is 37.5 Å². The lowest BCUT2D eigenvalue weighted by atomic mass is 9.80. The van der Waals surface area contributed by atoms with E-state index in [4.69, 9.17) is 4.42 Å². The highest BCUT2D eigenvalue weighted by Gasteiger charge is 2.43. The molecule has 2 aliphatic rings. The number of para-hydroxylation sites is 1. The molecule has 2 heterocycles. The summed E-state index contributed by atoms with van der Waals surface area (Å²) in [6.45, 7) is -0.122. The van der Waals surface area contributed by atoms with Gasteiger partial charge in [0.2, 0.25) is 5.91 Å². The molecule has 5 rings (SSSR count). The number of ketones is 1. The van der Waals surface area contributed by atoms with Crippen LogP contribution in [0.4, 0.5) is 23.2 Å². The van der Waals surface area contributed by atoms with Crippen LogP contribution in [-0.2, 0) is 15.8 Å². The molecule has 1 aliphatic carbocycles. The standard InChI is InChI=1S/C28H27F4N3O4/c29-19-15-18(28(30,31)32)8-9-21(19)35-13-10-20(22(36)16-35)33-26(38)27(11-4-1-5-12-27)34-25(37)24-14-17-6-2-3-7-23(17)39-24/h2-3,6-9,14-15,20H,1,4-5,10-13,16H2,(H,33,38)(H,34,37). The largest absolute Gasteiger partial charge is 0.451 e. The fourth-order valence-corrected chi connectivity index (χ4v) is 5.35. The van der Waals surface area contributed by atoms with Crippen molar-refractivity contribution < 1.29 is 36.4 Å². The van der Waals surface area contributed by atoms with Crippen LogP contribution >= 0.6 is 0 Å². The van der Waals surface area contributed by atoms with Crippen LogP contribution in [0.1, 0.15) is 54.6 Å². The van der Waals surface area contributed by atoms with Crippen LogP contribution in [0.2, 0.25) is 0 Å². The van der Waals surface area contributed by atoms with Gasteiger partial charge in [-0.3, -0.25) is 14.4 Å². The molecule has 1 aliphatic heterocycles. The number of nitrogens with zero attached hydrogens (tertiary/aromatic N) is 1. The number of nitrogens with one attached hydrogen (secondary N) is 2. The number of carbonyl (C=O) groups excluding carboxylic acids is 3. The third kappa shape index (κ3) is 5.48. The van der Waals surface area contributed by atoms with E-state index in [-0.39, 0.29) is 31.0 Å². The first kappa shape index (κ1) is 26.7. The van der Waals surface area contributed by atoms with Crippen LogP contribution in [0.3, 0.4) is 0 Å². The Bertz CT molecular complexity index is 1380. The maximum atomic E-state index is 14.5. The van der Waals surface area contributed by atoms with Gasteiger partial charge in [0, 0.05) is 11.9 Å². The summed E-state index contributed by atoms with van der Waals surface area (Å²) in [4.78, 5) is 40.9. The minimum absolute atomic E-state index is 0.0805. The highest BCUT2D eigenvalue weighted by atomic mass is 19.4. The van der Waals surface area contributed by atoms with E-state index in [1.165, 1.54) is 4.90 Å². The Kier molecular flexibility index (Phi) is 7.09. The van der Waals surface area contributed by atoms with Crippen LogP contribution in [-0.4, -0.2) is 42.3 Å². The van der Waals surface area contributed by atoms with Gasteiger partial charge in [-0.05, 0) is 49.6 Å². The molecule has 1 atom stereocenters. The molecule has 0 bridgehead atoms. The highest BCUT2D eigenvalue weighted by molar-refractivity contribution is 6.01. The van der Waals surface area contributed by atoms with Crippen molar-refractivity contribution in [3.05, 3.63) is 65.7 Å². The summed E-state index contributed by atoms with van der Waals surface area (Å²) in [5.74, 6) is -2.39. The normalized spacial score (nSPS) is 19.6. The molecule has 3 aromatic rings. The van der Waals surface area contributed by atoms with Crippen LogP contribution in [0, 0.1) is 5.82 Å². The number of piperidine rings is 1. The zero-order valence-corrected chi connectivity index (χ0v) is 20.9.